The summed E-state index contributed by atoms with van der Waals surface area (Å²) in [5, 5.41) is 4.50. The maximum Gasteiger partial charge on any atom is 0.243 e. The van der Waals surface area contributed by atoms with E-state index in [-0.39, 0.29) is 6.04 Å². The highest BCUT2D eigenvalue weighted by molar-refractivity contribution is 7.99. The Hall–Kier alpha value is -0.550. The van der Waals surface area contributed by atoms with Gasteiger partial charge in [-0.1, -0.05) is 31.8 Å². The lowest BCUT2D eigenvalue weighted by molar-refractivity contribution is 0.310. The quantitative estimate of drug-likeness (QED) is 0.895. The summed E-state index contributed by atoms with van der Waals surface area (Å²) in [6.45, 7) is 4.24. The SMILES string of the molecule is CC[C@H](C)[C@H](N)c1nc(C2CCCCS2)no1. The smallest absolute Gasteiger partial charge is 0.243 e. The molecule has 0 amide bonds. The number of nitrogens with two attached hydrogens (primary N) is 1. The van der Waals surface area contributed by atoms with Gasteiger partial charge in [0, 0.05) is 0 Å². The summed E-state index contributed by atoms with van der Waals surface area (Å²) in [7, 11) is 0. The Morgan fingerprint density at radius 3 is 3.00 bits per heavy atom. The highest BCUT2D eigenvalue weighted by Crippen LogP contribution is 2.37. The van der Waals surface area contributed by atoms with Crippen LogP contribution in [0.4, 0.5) is 0 Å². The minimum atomic E-state index is -0.130. The largest absolute Gasteiger partial charge is 0.338 e. The van der Waals surface area contributed by atoms with Crippen LogP contribution in [0, 0.1) is 5.92 Å². The van der Waals surface area contributed by atoms with Crippen LogP contribution < -0.4 is 5.73 Å². The molecule has 1 saturated heterocycles. The zero-order valence-electron chi connectivity index (χ0n) is 10.6. The summed E-state index contributed by atoms with van der Waals surface area (Å²) in [5.41, 5.74) is 6.09. The molecule has 1 unspecified atom stereocenters. The minimum Gasteiger partial charge on any atom is -0.338 e. The molecule has 17 heavy (non-hydrogen) atoms. The molecule has 0 spiro atoms. The van der Waals surface area contributed by atoms with Gasteiger partial charge in [-0.05, 0) is 24.5 Å². The molecule has 2 rings (SSSR count). The third-order valence-electron chi connectivity index (χ3n) is 3.47. The number of nitrogens with zero attached hydrogens (tertiary/aromatic N) is 2. The molecule has 0 saturated carbocycles. The lowest BCUT2D eigenvalue weighted by atomic mass is 10.0. The summed E-state index contributed by atoms with van der Waals surface area (Å²) in [6, 6.07) is -0.130. The first-order chi connectivity index (χ1) is 8.22. The van der Waals surface area contributed by atoms with Crippen molar-refractivity contribution in [2.75, 3.05) is 5.75 Å². The molecule has 4 nitrogen and oxygen atoms in total. The molecule has 0 bridgehead atoms. The van der Waals surface area contributed by atoms with Crippen molar-refractivity contribution >= 4 is 11.8 Å². The van der Waals surface area contributed by atoms with Crippen molar-refractivity contribution in [2.24, 2.45) is 11.7 Å². The van der Waals surface area contributed by atoms with E-state index >= 15 is 0 Å². The van der Waals surface area contributed by atoms with E-state index in [1.165, 1.54) is 18.6 Å². The van der Waals surface area contributed by atoms with Crippen molar-refractivity contribution in [3.05, 3.63) is 11.7 Å². The molecule has 1 aromatic rings. The molecule has 1 aliphatic rings. The minimum absolute atomic E-state index is 0.130. The Balaban J connectivity index is 2.04. The lowest BCUT2D eigenvalue weighted by Gasteiger charge is -2.17. The van der Waals surface area contributed by atoms with Crippen LogP contribution in [0.25, 0.3) is 0 Å². The summed E-state index contributed by atoms with van der Waals surface area (Å²) in [5.74, 6) is 3.01. The van der Waals surface area contributed by atoms with Crippen LogP contribution in [-0.4, -0.2) is 15.9 Å². The molecule has 1 aromatic heterocycles. The molecule has 0 aromatic carbocycles. The van der Waals surface area contributed by atoms with Crippen molar-refractivity contribution in [3.8, 4) is 0 Å². The van der Waals surface area contributed by atoms with Gasteiger partial charge in [-0.3, -0.25) is 0 Å². The molecular formula is C12H21N3OS. The number of thioether (sulfide) groups is 1. The lowest BCUT2D eigenvalue weighted by Crippen LogP contribution is -2.19. The highest BCUT2D eigenvalue weighted by atomic mass is 32.2. The van der Waals surface area contributed by atoms with E-state index in [0.717, 1.165) is 18.7 Å². The average molecular weight is 255 g/mol. The Kier molecular flexibility index (Phi) is 4.45. The van der Waals surface area contributed by atoms with Crippen LogP contribution in [0.3, 0.4) is 0 Å². The summed E-state index contributed by atoms with van der Waals surface area (Å²) in [4.78, 5) is 4.48. The fourth-order valence-electron chi connectivity index (χ4n) is 1.96. The van der Waals surface area contributed by atoms with Crippen LogP contribution in [0.15, 0.2) is 4.52 Å². The zero-order chi connectivity index (χ0) is 12.3. The first-order valence-corrected chi connectivity index (χ1v) is 7.48. The van der Waals surface area contributed by atoms with E-state index in [2.05, 4.69) is 24.0 Å². The first kappa shape index (κ1) is 12.9. The van der Waals surface area contributed by atoms with Gasteiger partial charge in [-0.2, -0.15) is 16.7 Å². The van der Waals surface area contributed by atoms with E-state index in [0.29, 0.717) is 17.1 Å². The topological polar surface area (TPSA) is 64.9 Å². The Morgan fingerprint density at radius 1 is 1.53 bits per heavy atom. The standard InChI is InChI=1S/C12H21N3OS/c1-3-8(2)10(13)12-14-11(15-16-12)9-6-4-5-7-17-9/h8-10H,3-7,13H2,1-2H3/t8-,9?,10-/m0/s1. The van der Waals surface area contributed by atoms with Gasteiger partial charge in [-0.25, -0.2) is 0 Å². The van der Waals surface area contributed by atoms with Gasteiger partial charge in [0.25, 0.3) is 0 Å². The maximum atomic E-state index is 6.09. The Morgan fingerprint density at radius 2 is 2.35 bits per heavy atom. The summed E-state index contributed by atoms with van der Waals surface area (Å²) >= 11 is 1.93. The van der Waals surface area contributed by atoms with Crippen molar-refractivity contribution in [1.29, 1.82) is 0 Å². The third kappa shape index (κ3) is 3.01. The van der Waals surface area contributed by atoms with Gasteiger partial charge in [0.05, 0.1) is 11.3 Å². The fourth-order valence-corrected chi connectivity index (χ4v) is 3.19. The van der Waals surface area contributed by atoms with Crippen LogP contribution in [0.5, 0.6) is 0 Å². The van der Waals surface area contributed by atoms with Gasteiger partial charge < -0.3 is 10.3 Å². The summed E-state index contributed by atoms with van der Waals surface area (Å²) in [6.07, 6.45) is 4.75. The first-order valence-electron chi connectivity index (χ1n) is 6.43. The number of rotatable bonds is 4. The van der Waals surface area contributed by atoms with E-state index < -0.39 is 0 Å². The van der Waals surface area contributed by atoms with Gasteiger partial charge in [0.1, 0.15) is 0 Å². The molecule has 5 heteroatoms. The fraction of sp³-hybridized carbons (Fsp3) is 0.833. The van der Waals surface area contributed by atoms with E-state index in [4.69, 9.17) is 10.3 Å². The van der Waals surface area contributed by atoms with Crippen LogP contribution in [-0.2, 0) is 0 Å². The summed E-state index contributed by atoms with van der Waals surface area (Å²) < 4.78 is 5.30. The molecule has 0 aliphatic carbocycles. The van der Waals surface area contributed by atoms with Gasteiger partial charge >= 0.3 is 0 Å². The van der Waals surface area contributed by atoms with E-state index in [1.807, 2.05) is 11.8 Å². The predicted molar refractivity (Wildman–Crippen MR) is 69.7 cm³/mol. The molecular weight excluding hydrogens is 234 g/mol. The second-order valence-electron chi connectivity index (χ2n) is 4.76. The number of hydrogen-bond acceptors (Lipinski definition) is 5. The van der Waals surface area contributed by atoms with E-state index in [1.54, 1.807) is 0 Å². The molecule has 1 fully saturated rings. The van der Waals surface area contributed by atoms with Crippen molar-refractivity contribution < 1.29 is 4.52 Å². The van der Waals surface area contributed by atoms with E-state index in [9.17, 15) is 0 Å². The molecule has 96 valence electrons. The molecule has 1 aliphatic heterocycles. The van der Waals surface area contributed by atoms with Gasteiger partial charge in [0.2, 0.25) is 5.89 Å². The van der Waals surface area contributed by atoms with Gasteiger partial charge in [-0.15, -0.1) is 0 Å². The molecule has 3 atom stereocenters. The zero-order valence-corrected chi connectivity index (χ0v) is 11.4. The molecule has 2 N–H and O–H groups in total. The second kappa shape index (κ2) is 5.87. The molecule has 2 heterocycles. The molecule has 0 radical (unpaired) electrons. The third-order valence-corrected chi connectivity index (χ3v) is 4.84. The maximum absolute atomic E-state index is 6.09. The normalized spacial score (nSPS) is 24.5. The monoisotopic (exact) mass is 255 g/mol. The highest BCUT2D eigenvalue weighted by Gasteiger charge is 2.25. The van der Waals surface area contributed by atoms with Crippen molar-refractivity contribution in [1.82, 2.24) is 10.1 Å². The Labute approximate surface area is 107 Å². The second-order valence-corrected chi connectivity index (χ2v) is 6.07. The van der Waals surface area contributed by atoms with Crippen LogP contribution >= 0.6 is 11.8 Å². The van der Waals surface area contributed by atoms with Crippen molar-refractivity contribution in [2.45, 2.75) is 50.8 Å². The Bertz CT molecular complexity index is 333. The van der Waals surface area contributed by atoms with Crippen LogP contribution in [0.1, 0.15) is 62.5 Å². The van der Waals surface area contributed by atoms with Crippen molar-refractivity contribution in [3.63, 3.8) is 0 Å². The predicted octanol–water partition coefficient (Wildman–Crippen LogP) is 3.07. The van der Waals surface area contributed by atoms with Crippen LogP contribution in [0.2, 0.25) is 0 Å². The number of aromatic nitrogens is 2. The van der Waals surface area contributed by atoms with Gasteiger partial charge in [0.15, 0.2) is 5.82 Å². The average Bonchev–Trinajstić information content (AvgIpc) is 2.87. The number of hydrogen-bond donors (Lipinski definition) is 1.